The van der Waals surface area contributed by atoms with Gasteiger partial charge in [-0.15, -0.1) is 0 Å². The number of aryl methyl sites for hydroxylation is 1. The molecule has 2 saturated heterocycles. The van der Waals surface area contributed by atoms with Crippen LogP contribution in [-0.2, 0) is 9.53 Å². The number of likely N-dealkylation sites (tertiary alicyclic amines) is 1. The van der Waals surface area contributed by atoms with Gasteiger partial charge in [-0.1, -0.05) is 29.8 Å². The number of benzene rings is 2. The van der Waals surface area contributed by atoms with Gasteiger partial charge in [-0.3, -0.25) is 14.6 Å². The molecule has 0 aliphatic carbocycles. The van der Waals surface area contributed by atoms with Crippen molar-refractivity contribution in [2.45, 2.75) is 26.2 Å². The number of morpholine rings is 1. The van der Waals surface area contributed by atoms with Gasteiger partial charge in [0.25, 0.3) is 0 Å². The quantitative estimate of drug-likeness (QED) is 0.672. The molecule has 4 rings (SSSR count). The van der Waals surface area contributed by atoms with Crippen LogP contribution in [0.15, 0.2) is 48.5 Å². The second-order valence-corrected chi connectivity index (χ2v) is 8.92. The molecule has 0 saturated carbocycles. The smallest absolute Gasteiger partial charge is 0.238 e. The first-order valence-corrected chi connectivity index (χ1v) is 11.8. The summed E-state index contributed by atoms with van der Waals surface area (Å²) >= 11 is 0. The predicted octanol–water partition coefficient (Wildman–Crippen LogP) is 4.16. The Morgan fingerprint density at radius 3 is 2.47 bits per heavy atom. The fraction of sp³-hybridized carbons (Fsp3) is 0.500. The van der Waals surface area contributed by atoms with Crippen molar-refractivity contribution in [1.82, 2.24) is 9.80 Å². The third-order valence-electron chi connectivity index (χ3n) is 6.44. The van der Waals surface area contributed by atoms with E-state index in [1.807, 2.05) is 55.5 Å². The van der Waals surface area contributed by atoms with Crippen LogP contribution in [0.1, 0.15) is 24.8 Å². The SMILES string of the molecule is Cc1ccc(Oc2ccccc2NC(=O)CN2CCC(CCN3CCOCC3)CC2)cc1. The average molecular weight is 438 g/mol. The molecule has 0 bridgehead atoms. The summed E-state index contributed by atoms with van der Waals surface area (Å²) in [6, 6.07) is 15.5. The zero-order chi connectivity index (χ0) is 22.2. The van der Waals surface area contributed by atoms with Crippen LogP contribution in [-0.4, -0.2) is 68.2 Å². The van der Waals surface area contributed by atoms with E-state index >= 15 is 0 Å². The number of ether oxygens (including phenoxy) is 2. The lowest BCUT2D eigenvalue weighted by molar-refractivity contribution is -0.117. The van der Waals surface area contributed by atoms with Gasteiger partial charge in [-0.2, -0.15) is 0 Å². The number of nitrogens with zero attached hydrogens (tertiary/aromatic N) is 2. The summed E-state index contributed by atoms with van der Waals surface area (Å²) in [5.74, 6) is 2.19. The largest absolute Gasteiger partial charge is 0.455 e. The molecule has 2 aromatic carbocycles. The van der Waals surface area contributed by atoms with Gasteiger partial charge >= 0.3 is 0 Å². The van der Waals surface area contributed by atoms with E-state index in [2.05, 4.69) is 15.1 Å². The first kappa shape index (κ1) is 22.8. The van der Waals surface area contributed by atoms with Gasteiger partial charge in [-0.25, -0.2) is 0 Å². The van der Waals surface area contributed by atoms with Crippen LogP contribution in [0.25, 0.3) is 0 Å². The molecule has 32 heavy (non-hydrogen) atoms. The number of para-hydroxylation sites is 2. The fourth-order valence-corrected chi connectivity index (χ4v) is 4.41. The molecule has 1 amide bonds. The van der Waals surface area contributed by atoms with Crippen LogP contribution in [0.5, 0.6) is 11.5 Å². The monoisotopic (exact) mass is 437 g/mol. The molecule has 172 valence electrons. The minimum atomic E-state index is 0.0109. The number of hydrogen-bond acceptors (Lipinski definition) is 5. The van der Waals surface area contributed by atoms with E-state index in [1.165, 1.54) is 31.4 Å². The summed E-state index contributed by atoms with van der Waals surface area (Å²) < 4.78 is 11.4. The summed E-state index contributed by atoms with van der Waals surface area (Å²) in [5.41, 5.74) is 1.89. The summed E-state index contributed by atoms with van der Waals surface area (Å²) in [5, 5.41) is 3.04. The predicted molar refractivity (Wildman–Crippen MR) is 127 cm³/mol. The zero-order valence-corrected chi connectivity index (χ0v) is 19.1. The number of hydrogen-bond donors (Lipinski definition) is 1. The lowest BCUT2D eigenvalue weighted by atomic mass is 9.93. The number of carbonyl (C=O) groups is 1. The molecule has 2 aliphatic rings. The summed E-state index contributed by atoms with van der Waals surface area (Å²) in [6.07, 6.45) is 3.60. The third-order valence-corrected chi connectivity index (χ3v) is 6.44. The fourth-order valence-electron chi connectivity index (χ4n) is 4.41. The molecular formula is C26H35N3O3. The van der Waals surface area contributed by atoms with E-state index in [0.29, 0.717) is 18.0 Å². The minimum Gasteiger partial charge on any atom is -0.455 e. The van der Waals surface area contributed by atoms with Crippen molar-refractivity contribution >= 4 is 11.6 Å². The molecule has 6 nitrogen and oxygen atoms in total. The summed E-state index contributed by atoms with van der Waals surface area (Å²) in [7, 11) is 0. The molecule has 1 N–H and O–H groups in total. The number of nitrogens with one attached hydrogen (secondary N) is 1. The molecule has 2 fully saturated rings. The maximum absolute atomic E-state index is 12.7. The molecule has 0 unspecified atom stereocenters. The normalized spacial score (nSPS) is 18.4. The number of carbonyl (C=O) groups excluding carboxylic acids is 1. The van der Waals surface area contributed by atoms with Gasteiger partial charge in [0.1, 0.15) is 5.75 Å². The van der Waals surface area contributed by atoms with E-state index in [-0.39, 0.29) is 5.91 Å². The van der Waals surface area contributed by atoms with E-state index in [9.17, 15) is 4.79 Å². The topological polar surface area (TPSA) is 54.0 Å². The van der Waals surface area contributed by atoms with E-state index < -0.39 is 0 Å². The Hall–Kier alpha value is -2.41. The highest BCUT2D eigenvalue weighted by molar-refractivity contribution is 5.93. The first-order chi connectivity index (χ1) is 15.7. The minimum absolute atomic E-state index is 0.0109. The van der Waals surface area contributed by atoms with Crippen LogP contribution in [0, 0.1) is 12.8 Å². The van der Waals surface area contributed by atoms with E-state index in [0.717, 1.165) is 51.1 Å². The van der Waals surface area contributed by atoms with Crippen LogP contribution in [0.3, 0.4) is 0 Å². The maximum atomic E-state index is 12.7. The van der Waals surface area contributed by atoms with Gasteiger partial charge in [0.15, 0.2) is 5.75 Å². The van der Waals surface area contributed by atoms with Crippen molar-refractivity contribution < 1.29 is 14.3 Å². The first-order valence-electron chi connectivity index (χ1n) is 11.8. The van der Waals surface area contributed by atoms with Gasteiger partial charge in [0.2, 0.25) is 5.91 Å². The molecule has 6 heteroatoms. The average Bonchev–Trinajstić information content (AvgIpc) is 2.82. The van der Waals surface area contributed by atoms with Crippen molar-refractivity contribution in [3.05, 3.63) is 54.1 Å². The third kappa shape index (κ3) is 6.79. The summed E-state index contributed by atoms with van der Waals surface area (Å²) in [6.45, 7) is 9.49. The number of anilines is 1. The molecular weight excluding hydrogens is 402 g/mol. The second kappa shape index (κ2) is 11.5. The lowest BCUT2D eigenvalue weighted by Gasteiger charge is -2.33. The molecule has 2 heterocycles. The van der Waals surface area contributed by atoms with Crippen LogP contribution < -0.4 is 10.1 Å². The van der Waals surface area contributed by atoms with Crippen molar-refractivity contribution in [3.8, 4) is 11.5 Å². The van der Waals surface area contributed by atoms with Crippen LogP contribution >= 0.6 is 0 Å². The zero-order valence-electron chi connectivity index (χ0n) is 19.1. The Morgan fingerprint density at radius 1 is 1.00 bits per heavy atom. The van der Waals surface area contributed by atoms with Crippen molar-refractivity contribution in [2.24, 2.45) is 5.92 Å². The Kier molecular flexibility index (Phi) is 8.15. The van der Waals surface area contributed by atoms with Crippen molar-refractivity contribution in [1.29, 1.82) is 0 Å². The van der Waals surface area contributed by atoms with Crippen molar-refractivity contribution in [2.75, 3.05) is 57.8 Å². The van der Waals surface area contributed by atoms with E-state index in [4.69, 9.17) is 9.47 Å². The lowest BCUT2D eigenvalue weighted by Crippen LogP contribution is -2.41. The van der Waals surface area contributed by atoms with Gasteiger partial charge in [-0.05, 0) is 76.0 Å². The van der Waals surface area contributed by atoms with Crippen LogP contribution in [0.2, 0.25) is 0 Å². The Balaban J connectivity index is 1.22. The second-order valence-electron chi connectivity index (χ2n) is 8.92. The highest BCUT2D eigenvalue weighted by Crippen LogP contribution is 2.29. The molecule has 0 atom stereocenters. The summed E-state index contributed by atoms with van der Waals surface area (Å²) in [4.78, 5) is 17.5. The highest BCUT2D eigenvalue weighted by atomic mass is 16.5. The number of amides is 1. The highest BCUT2D eigenvalue weighted by Gasteiger charge is 2.22. The molecule has 0 spiro atoms. The molecule has 0 radical (unpaired) electrons. The Bertz CT molecular complexity index is 857. The number of piperidine rings is 1. The molecule has 2 aliphatic heterocycles. The number of rotatable bonds is 8. The standard InChI is InChI=1S/C26H35N3O3/c1-21-6-8-23(9-7-21)32-25-5-3-2-4-24(25)27-26(30)20-29-14-11-22(12-15-29)10-13-28-16-18-31-19-17-28/h2-9,22H,10-20H2,1H3,(H,27,30). The molecule has 2 aromatic rings. The molecule has 0 aromatic heterocycles. The van der Waals surface area contributed by atoms with Gasteiger partial charge < -0.3 is 14.8 Å². The van der Waals surface area contributed by atoms with Crippen LogP contribution in [0.4, 0.5) is 5.69 Å². The van der Waals surface area contributed by atoms with Gasteiger partial charge in [0, 0.05) is 13.1 Å². The van der Waals surface area contributed by atoms with E-state index in [1.54, 1.807) is 0 Å². The van der Waals surface area contributed by atoms with Gasteiger partial charge in [0.05, 0.1) is 25.4 Å². The Labute approximate surface area is 191 Å². The maximum Gasteiger partial charge on any atom is 0.238 e. The van der Waals surface area contributed by atoms with Crippen molar-refractivity contribution in [3.63, 3.8) is 0 Å². The Morgan fingerprint density at radius 2 is 1.72 bits per heavy atom.